The summed E-state index contributed by atoms with van der Waals surface area (Å²) >= 11 is 0. The van der Waals surface area contributed by atoms with Gasteiger partial charge in [0.2, 0.25) is 0 Å². The van der Waals surface area contributed by atoms with Crippen LogP contribution < -0.4 is 0 Å². The largest absolute Gasteiger partial charge is 0.468 e. The molecule has 1 aliphatic carbocycles. The zero-order valence-corrected chi connectivity index (χ0v) is 15.0. The van der Waals surface area contributed by atoms with Crippen LogP contribution in [0.5, 0.6) is 0 Å². The number of rotatable bonds is 6. The Hall–Kier alpha value is -0.923. The fraction of sp³-hybridized carbons (Fsp3) is 0.867. The van der Waals surface area contributed by atoms with Crippen molar-refractivity contribution in [3.05, 3.63) is 0 Å². The summed E-state index contributed by atoms with van der Waals surface area (Å²) in [5.41, 5.74) is -1.65. The van der Waals surface area contributed by atoms with Gasteiger partial charge in [-0.1, -0.05) is 38.9 Å². The van der Waals surface area contributed by atoms with Gasteiger partial charge < -0.3 is 19.3 Å². The van der Waals surface area contributed by atoms with Crippen molar-refractivity contribution in [2.24, 2.45) is 5.41 Å². The highest BCUT2D eigenvalue weighted by Gasteiger charge is 2.83. The van der Waals surface area contributed by atoms with Crippen molar-refractivity contribution in [1.82, 2.24) is 0 Å². The second-order valence-electron chi connectivity index (χ2n) is 6.35. The highest BCUT2D eigenvalue weighted by Crippen LogP contribution is 2.64. The lowest BCUT2D eigenvalue weighted by Crippen LogP contribution is -2.53. The summed E-state index contributed by atoms with van der Waals surface area (Å²) in [5, 5.41) is 10.1. The molecule has 3 atom stereocenters. The Morgan fingerprint density at radius 3 is 1.95 bits per heavy atom. The topological polar surface area (TPSA) is 85.4 Å². The number of fused-ring (bicyclic) bond motifs is 1. The van der Waals surface area contributed by atoms with Crippen LogP contribution in [-0.4, -0.2) is 56.8 Å². The number of aliphatic hydroxyl groups is 1. The molecule has 2 aliphatic rings. The lowest BCUT2D eigenvalue weighted by Gasteiger charge is -2.36. The maximum Gasteiger partial charge on any atom is 0.326 e. The van der Waals surface area contributed by atoms with Crippen LogP contribution in [0, 0.1) is 5.41 Å². The summed E-state index contributed by atoms with van der Waals surface area (Å²) < 4.78 is 15.6. The Labute approximate surface area is 132 Å². The molecule has 2 fully saturated rings. The fourth-order valence-electron chi connectivity index (χ4n) is 4.53. The summed E-state index contributed by atoms with van der Waals surface area (Å²) in [6.07, 6.45) is -1.49. The second kappa shape index (κ2) is 5.61. The standard InChI is InChI=1S/C15H26O6Si/c1-6-22(7-2,8-3)15-9-14(12(17)19-4,13(18)20-5)10(16)11(15)21-15/h10-11,16H,6-9H2,1-5H3/t10-,11-,15-/m1/s1. The first-order valence-electron chi connectivity index (χ1n) is 7.88. The summed E-state index contributed by atoms with van der Waals surface area (Å²) in [4.78, 5) is 24.6. The van der Waals surface area contributed by atoms with Gasteiger partial charge in [0.25, 0.3) is 0 Å². The molecule has 1 heterocycles. The normalized spacial score (nSPS) is 32.3. The number of aliphatic hydroxyl groups excluding tert-OH is 1. The Morgan fingerprint density at radius 1 is 1.14 bits per heavy atom. The number of hydrogen-bond donors (Lipinski definition) is 1. The first-order chi connectivity index (χ1) is 10.4. The number of methoxy groups -OCH3 is 2. The first kappa shape index (κ1) is 17.4. The molecule has 0 radical (unpaired) electrons. The number of hydrogen-bond acceptors (Lipinski definition) is 6. The number of carbonyl (C=O) groups excluding carboxylic acids is 2. The van der Waals surface area contributed by atoms with Gasteiger partial charge in [0.15, 0.2) is 5.41 Å². The molecule has 1 saturated carbocycles. The molecule has 0 unspecified atom stereocenters. The zero-order chi connectivity index (χ0) is 16.8. The van der Waals surface area contributed by atoms with Crippen molar-refractivity contribution in [2.45, 2.75) is 62.8 Å². The Kier molecular flexibility index (Phi) is 4.45. The number of epoxide rings is 1. The van der Waals surface area contributed by atoms with Crippen molar-refractivity contribution in [1.29, 1.82) is 0 Å². The van der Waals surface area contributed by atoms with E-state index >= 15 is 0 Å². The summed E-state index contributed by atoms with van der Waals surface area (Å²) in [5.74, 6) is -1.46. The first-order valence-corrected chi connectivity index (χ1v) is 10.5. The third-order valence-corrected chi connectivity index (χ3v) is 12.5. The van der Waals surface area contributed by atoms with Gasteiger partial charge in [-0.2, -0.15) is 0 Å². The monoisotopic (exact) mass is 330 g/mol. The minimum atomic E-state index is -1.88. The van der Waals surface area contributed by atoms with Crippen LogP contribution in [0.2, 0.25) is 18.1 Å². The molecule has 1 saturated heterocycles. The highest BCUT2D eigenvalue weighted by molar-refractivity contribution is 6.83. The van der Waals surface area contributed by atoms with Gasteiger partial charge in [0.1, 0.15) is 12.2 Å². The Bertz CT molecular complexity index is 450. The van der Waals surface area contributed by atoms with Crippen LogP contribution in [0.25, 0.3) is 0 Å². The average molecular weight is 330 g/mol. The number of carbonyl (C=O) groups is 2. The van der Waals surface area contributed by atoms with Crippen molar-refractivity contribution >= 4 is 20.0 Å². The van der Waals surface area contributed by atoms with E-state index < -0.39 is 42.9 Å². The molecule has 6 nitrogen and oxygen atoms in total. The average Bonchev–Trinajstić information content (AvgIpc) is 3.22. The molecule has 0 bridgehead atoms. The molecule has 0 aromatic carbocycles. The van der Waals surface area contributed by atoms with Crippen LogP contribution in [0.1, 0.15) is 27.2 Å². The summed E-state index contributed by atoms with van der Waals surface area (Å²) in [6, 6.07) is 2.96. The van der Waals surface area contributed by atoms with Gasteiger partial charge >= 0.3 is 11.9 Å². The lowest BCUT2D eigenvalue weighted by atomic mass is 9.83. The predicted molar refractivity (Wildman–Crippen MR) is 81.9 cm³/mol. The number of ether oxygens (including phenoxy) is 3. The third-order valence-electron chi connectivity index (χ3n) is 6.10. The van der Waals surface area contributed by atoms with Crippen LogP contribution in [0.3, 0.4) is 0 Å². The summed E-state index contributed by atoms with van der Waals surface area (Å²) in [6.45, 7) is 6.40. The van der Waals surface area contributed by atoms with E-state index in [2.05, 4.69) is 20.8 Å². The van der Waals surface area contributed by atoms with Crippen LogP contribution in [0.15, 0.2) is 0 Å². The van der Waals surface area contributed by atoms with E-state index in [-0.39, 0.29) is 6.42 Å². The smallest absolute Gasteiger partial charge is 0.326 e. The van der Waals surface area contributed by atoms with Crippen molar-refractivity contribution in [2.75, 3.05) is 14.2 Å². The highest BCUT2D eigenvalue weighted by atomic mass is 28.3. The van der Waals surface area contributed by atoms with Crippen molar-refractivity contribution in [3.63, 3.8) is 0 Å². The predicted octanol–water partition coefficient (Wildman–Crippen LogP) is 1.27. The molecule has 0 amide bonds. The SMILES string of the molecule is CC[Si](CC)(CC)[C@]12CC(C(=O)OC)(C(=O)OC)[C@H](O)[C@H]1O2. The van der Waals surface area contributed by atoms with Gasteiger partial charge in [0, 0.05) is 6.42 Å². The van der Waals surface area contributed by atoms with E-state index in [0.717, 1.165) is 18.1 Å². The minimum Gasteiger partial charge on any atom is -0.468 e. The molecule has 126 valence electrons. The van der Waals surface area contributed by atoms with E-state index in [9.17, 15) is 14.7 Å². The van der Waals surface area contributed by atoms with E-state index in [1.165, 1.54) is 14.2 Å². The summed E-state index contributed by atoms with van der Waals surface area (Å²) in [7, 11) is 0.567. The van der Waals surface area contributed by atoms with Gasteiger partial charge in [-0.25, -0.2) is 0 Å². The van der Waals surface area contributed by atoms with E-state index in [1.54, 1.807) is 0 Å². The molecule has 1 N–H and O–H groups in total. The van der Waals surface area contributed by atoms with Crippen LogP contribution in [0.4, 0.5) is 0 Å². The number of esters is 2. The van der Waals surface area contributed by atoms with E-state index in [0.29, 0.717) is 0 Å². The molecule has 22 heavy (non-hydrogen) atoms. The van der Waals surface area contributed by atoms with Gasteiger partial charge in [-0.15, -0.1) is 0 Å². The van der Waals surface area contributed by atoms with E-state index in [4.69, 9.17) is 14.2 Å². The van der Waals surface area contributed by atoms with Gasteiger partial charge in [-0.05, 0) is 0 Å². The van der Waals surface area contributed by atoms with Crippen molar-refractivity contribution in [3.8, 4) is 0 Å². The quantitative estimate of drug-likeness (QED) is 0.342. The Morgan fingerprint density at radius 2 is 1.59 bits per heavy atom. The molecular weight excluding hydrogens is 304 g/mol. The fourth-order valence-corrected chi connectivity index (χ4v) is 9.61. The maximum absolute atomic E-state index is 12.3. The van der Waals surface area contributed by atoms with E-state index in [1.807, 2.05) is 0 Å². The van der Waals surface area contributed by atoms with Gasteiger partial charge in [-0.3, -0.25) is 9.59 Å². The molecule has 7 heteroatoms. The van der Waals surface area contributed by atoms with Crippen molar-refractivity contribution < 1.29 is 28.9 Å². The molecule has 1 aliphatic heterocycles. The zero-order valence-electron chi connectivity index (χ0n) is 14.0. The van der Waals surface area contributed by atoms with Crippen LogP contribution >= 0.6 is 0 Å². The minimum absolute atomic E-state index is 0.174. The van der Waals surface area contributed by atoms with Gasteiger partial charge in [0.05, 0.1) is 27.5 Å². The lowest BCUT2D eigenvalue weighted by molar-refractivity contribution is -0.179. The molecule has 2 rings (SSSR count). The molecule has 0 aromatic rings. The third kappa shape index (κ3) is 1.85. The maximum atomic E-state index is 12.3. The second-order valence-corrected chi connectivity index (χ2v) is 11.9. The molecule has 0 spiro atoms. The Balaban J connectivity index is 2.48. The van der Waals surface area contributed by atoms with Crippen LogP contribution in [-0.2, 0) is 23.8 Å². The molecular formula is C15H26O6Si. The molecule has 0 aromatic heterocycles.